The minimum Gasteiger partial charge on any atom is -0.337 e. The van der Waals surface area contributed by atoms with Gasteiger partial charge in [-0.25, -0.2) is 8.78 Å². The highest BCUT2D eigenvalue weighted by Crippen LogP contribution is 2.16. The van der Waals surface area contributed by atoms with Crippen molar-refractivity contribution in [3.8, 4) is 0 Å². The van der Waals surface area contributed by atoms with Crippen LogP contribution in [0.1, 0.15) is 23.2 Å². The number of nitrogens with zero attached hydrogens (tertiary/aromatic N) is 1. The number of nitrogens with one attached hydrogen (secondary N) is 1. The summed E-state index contributed by atoms with van der Waals surface area (Å²) in [6.07, 6.45) is 1.86. The predicted octanol–water partition coefficient (Wildman–Crippen LogP) is 1.79. The van der Waals surface area contributed by atoms with E-state index in [0.29, 0.717) is 6.54 Å². The Morgan fingerprint density at radius 3 is 2.89 bits per heavy atom. The van der Waals surface area contributed by atoms with E-state index in [9.17, 15) is 13.6 Å². The summed E-state index contributed by atoms with van der Waals surface area (Å²) in [6, 6.07) is 3.70. The number of halogens is 2. The monoisotopic (exact) mass is 254 g/mol. The standard InChI is InChI=1S/C13H16F2N2O/c1-17(9-4-3-7-16-8-9)13(18)10-5-2-6-11(14)12(10)15/h2,5-6,9,16H,3-4,7-8H2,1H3/t9-/m1/s1. The summed E-state index contributed by atoms with van der Waals surface area (Å²) in [4.78, 5) is 13.6. The SMILES string of the molecule is CN(C(=O)c1cccc(F)c1F)[C@@H]1CCCNC1. The number of carbonyl (C=O) groups is 1. The molecule has 1 fully saturated rings. The molecule has 98 valence electrons. The van der Waals surface area contributed by atoms with E-state index in [1.807, 2.05) is 0 Å². The van der Waals surface area contributed by atoms with Crippen LogP contribution in [0.2, 0.25) is 0 Å². The molecule has 0 unspecified atom stereocenters. The number of piperidine rings is 1. The Labute approximate surface area is 105 Å². The zero-order chi connectivity index (χ0) is 13.1. The first-order chi connectivity index (χ1) is 8.61. The molecular weight excluding hydrogens is 238 g/mol. The zero-order valence-electron chi connectivity index (χ0n) is 10.2. The molecule has 5 heteroatoms. The molecule has 0 spiro atoms. The Morgan fingerprint density at radius 1 is 1.44 bits per heavy atom. The first kappa shape index (κ1) is 13.0. The molecule has 3 nitrogen and oxygen atoms in total. The lowest BCUT2D eigenvalue weighted by atomic mass is 10.0. The topological polar surface area (TPSA) is 32.3 Å². The maximum absolute atomic E-state index is 13.5. The third kappa shape index (κ3) is 2.51. The molecule has 0 aliphatic carbocycles. The second-order valence-electron chi connectivity index (χ2n) is 4.52. The molecule has 1 aromatic rings. The molecule has 2 rings (SSSR count). The fraction of sp³-hybridized carbons (Fsp3) is 0.462. The van der Waals surface area contributed by atoms with E-state index in [1.54, 1.807) is 7.05 Å². The highest BCUT2D eigenvalue weighted by molar-refractivity contribution is 5.94. The van der Waals surface area contributed by atoms with Crippen LogP contribution in [0.3, 0.4) is 0 Å². The molecule has 0 aromatic heterocycles. The highest BCUT2D eigenvalue weighted by Gasteiger charge is 2.25. The number of hydrogen-bond donors (Lipinski definition) is 1. The van der Waals surface area contributed by atoms with Crippen LogP contribution in [-0.4, -0.2) is 37.0 Å². The van der Waals surface area contributed by atoms with Gasteiger partial charge in [-0.05, 0) is 31.5 Å². The summed E-state index contributed by atoms with van der Waals surface area (Å²) >= 11 is 0. The summed E-state index contributed by atoms with van der Waals surface area (Å²) in [6.45, 7) is 1.63. The number of amides is 1. The van der Waals surface area contributed by atoms with Crippen molar-refractivity contribution < 1.29 is 13.6 Å². The van der Waals surface area contributed by atoms with Gasteiger partial charge < -0.3 is 10.2 Å². The van der Waals surface area contributed by atoms with E-state index in [1.165, 1.54) is 17.0 Å². The minimum absolute atomic E-state index is 0.0360. The summed E-state index contributed by atoms with van der Waals surface area (Å²) in [5, 5.41) is 3.19. The Morgan fingerprint density at radius 2 is 2.22 bits per heavy atom. The quantitative estimate of drug-likeness (QED) is 0.872. The molecule has 1 N–H and O–H groups in total. The van der Waals surface area contributed by atoms with E-state index in [4.69, 9.17) is 0 Å². The average Bonchev–Trinajstić information content (AvgIpc) is 2.41. The van der Waals surface area contributed by atoms with E-state index in [0.717, 1.165) is 25.5 Å². The third-order valence-electron chi connectivity index (χ3n) is 3.32. The van der Waals surface area contributed by atoms with E-state index in [-0.39, 0.29) is 11.6 Å². The van der Waals surface area contributed by atoms with Crippen LogP contribution >= 0.6 is 0 Å². The van der Waals surface area contributed by atoms with Crippen LogP contribution in [0.15, 0.2) is 18.2 Å². The van der Waals surface area contributed by atoms with Crippen molar-refractivity contribution in [2.24, 2.45) is 0 Å². The molecule has 1 aliphatic rings. The lowest BCUT2D eigenvalue weighted by molar-refractivity contribution is 0.0702. The lowest BCUT2D eigenvalue weighted by Gasteiger charge is -2.31. The minimum atomic E-state index is -1.07. The van der Waals surface area contributed by atoms with E-state index >= 15 is 0 Å². The van der Waals surface area contributed by atoms with Crippen molar-refractivity contribution in [3.05, 3.63) is 35.4 Å². The van der Waals surface area contributed by atoms with E-state index in [2.05, 4.69) is 5.32 Å². The van der Waals surface area contributed by atoms with Crippen molar-refractivity contribution >= 4 is 5.91 Å². The summed E-state index contributed by atoms with van der Waals surface area (Å²) < 4.78 is 26.6. The van der Waals surface area contributed by atoms with Gasteiger partial charge in [0.1, 0.15) is 0 Å². The number of rotatable bonds is 2. The second kappa shape index (κ2) is 5.44. The van der Waals surface area contributed by atoms with Gasteiger partial charge in [0, 0.05) is 19.6 Å². The molecule has 1 atom stereocenters. The van der Waals surface area contributed by atoms with Crippen molar-refractivity contribution in [2.45, 2.75) is 18.9 Å². The van der Waals surface area contributed by atoms with Gasteiger partial charge in [0.2, 0.25) is 0 Å². The fourth-order valence-electron chi connectivity index (χ4n) is 2.19. The molecule has 0 radical (unpaired) electrons. The maximum Gasteiger partial charge on any atom is 0.256 e. The van der Waals surface area contributed by atoms with Gasteiger partial charge in [-0.2, -0.15) is 0 Å². The van der Waals surface area contributed by atoms with Crippen molar-refractivity contribution in [3.63, 3.8) is 0 Å². The molecule has 1 saturated heterocycles. The van der Waals surface area contributed by atoms with Gasteiger partial charge in [0.15, 0.2) is 11.6 Å². The predicted molar refractivity (Wildman–Crippen MR) is 64.3 cm³/mol. The summed E-state index contributed by atoms with van der Waals surface area (Å²) in [5.74, 6) is -2.53. The van der Waals surface area contributed by atoms with Gasteiger partial charge in [0.25, 0.3) is 5.91 Å². The number of benzene rings is 1. The van der Waals surface area contributed by atoms with Crippen LogP contribution in [0.25, 0.3) is 0 Å². The lowest BCUT2D eigenvalue weighted by Crippen LogP contribution is -2.46. The van der Waals surface area contributed by atoms with Crippen LogP contribution < -0.4 is 5.32 Å². The van der Waals surface area contributed by atoms with Crippen molar-refractivity contribution in [1.29, 1.82) is 0 Å². The smallest absolute Gasteiger partial charge is 0.256 e. The molecule has 1 amide bonds. The molecule has 18 heavy (non-hydrogen) atoms. The summed E-state index contributed by atoms with van der Waals surface area (Å²) in [7, 11) is 1.63. The van der Waals surface area contributed by atoms with Crippen LogP contribution in [-0.2, 0) is 0 Å². The number of hydrogen-bond acceptors (Lipinski definition) is 2. The van der Waals surface area contributed by atoms with Crippen molar-refractivity contribution in [2.75, 3.05) is 20.1 Å². The summed E-state index contributed by atoms with van der Waals surface area (Å²) in [5.41, 5.74) is -0.205. The normalized spacial score (nSPS) is 19.6. The molecule has 0 bridgehead atoms. The van der Waals surface area contributed by atoms with Gasteiger partial charge in [0.05, 0.1) is 5.56 Å². The largest absolute Gasteiger partial charge is 0.337 e. The zero-order valence-corrected chi connectivity index (χ0v) is 10.2. The van der Waals surface area contributed by atoms with Gasteiger partial charge >= 0.3 is 0 Å². The number of carbonyl (C=O) groups excluding carboxylic acids is 1. The molecule has 0 saturated carbocycles. The second-order valence-corrected chi connectivity index (χ2v) is 4.52. The van der Waals surface area contributed by atoms with Gasteiger partial charge in [-0.1, -0.05) is 6.07 Å². The van der Waals surface area contributed by atoms with Gasteiger partial charge in [-0.3, -0.25) is 4.79 Å². The van der Waals surface area contributed by atoms with E-state index < -0.39 is 17.5 Å². The Balaban J connectivity index is 2.17. The Hall–Kier alpha value is -1.49. The molecule has 1 aromatic carbocycles. The van der Waals surface area contributed by atoms with Crippen LogP contribution in [0.4, 0.5) is 8.78 Å². The average molecular weight is 254 g/mol. The third-order valence-corrected chi connectivity index (χ3v) is 3.32. The first-order valence-corrected chi connectivity index (χ1v) is 6.03. The van der Waals surface area contributed by atoms with Gasteiger partial charge in [-0.15, -0.1) is 0 Å². The van der Waals surface area contributed by atoms with Crippen LogP contribution in [0, 0.1) is 11.6 Å². The van der Waals surface area contributed by atoms with Crippen LogP contribution in [0.5, 0.6) is 0 Å². The first-order valence-electron chi connectivity index (χ1n) is 6.03. The number of likely N-dealkylation sites (N-methyl/N-ethyl adjacent to an activating group) is 1. The van der Waals surface area contributed by atoms with Crippen molar-refractivity contribution in [1.82, 2.24) is 10.2 Å². The molecular formula is C13H16F2N2O. The highest BCUT2D eigenvalue weighted by atomic mass is 19.2. The fourth-order valence-corrected chi connectivity index (χ4v) is 2.19. The molecule has 1 aliphatic heterocycles. The Kier molecular flexibility index (Phi) is 3.91. The Bertz CT molecular complexity index is 445. The molecule has 1 heterocycles. The maximum atomic E-state index is 13.5.